The summed E-state index contributed by atoms with van der Waals surface area (Å²) >= 11 is 5.86. The molecular weight excluding hydrogens is 366 g/mol. The van der Waals surface area contributed by atoms with Crippen molar-refractivity contribution in [1.82, 2.24) is 15.5 Å². The van der Waals surface area contributed by atoms with Crippen molar-refractivity contribution in [1.29, 1.82) is 0 Å². The fourth-order valence-corrected chi connectivity index (χ4v) is 3.07. The van der Waals surface area contributed by atoms with Crippen LogP contribution in [0.4, 0.5) is 0 Å². The number of amides is 3. The van der Waals surface area contributed by atoms with E-state index in [9.17, 15) is 14.4 Å². The third-order valence-electron chi connectivity index (χ3n) is 4.34. The number of piperazine rings is 1. The van der Waals surface area contributed by atoms with Gasteiger partial charge in [-0.1, -0.05) is 41.9 Å². The van der Waals surface area contributed by atoms with Gasteiger partial charge in [0.1, 0.15) is 6.04 Å². The van der Waals surface area contributed by atoms with Gasteiger partial charge in [-0.15, -0.1) is 0 Å². The predicted molar refractivity (Wildman–Crippen MR) is 102 cm³/mol. The second-order valence-electron chi connectivity index (χ2n) is 6.33. The van der Waals surface area contributed by atoms with Crippen molar-refractivity contribution >= 4 is 29.3 Å². The molecule has 1 aliphatic heterocycles. The number of carbonyl (C=O) groups is 3. The molecule has 1 saturated heterocycles. The maximum atomic E-state index is 13.0. The highest BCUT2D eigenvalue weighted by atomic mass is 35.5. The zero-order valence-electron chi connectivity index (χ0n) is 14.7. The van der Waals surface area contributed by atoms with Gasteiger partial charge >= 0.3 is 0 Å². The summed E-state index contributed by atoms with van der Waals surface area (Å²) < 4.78 is 0. The molecule has 0 radical (unpaired) electrons. The number of hydrogen-bond acceptors (Lipinski definition) is 3. The summed E-state index contributed by atoms with van der Waals surface area (Å²) in [6.45, 7) is 0.835. The van der Waals surface area contributed by atoms with Crippen molar-refractivity contribution in [2.75, 3.05) is 19.6 Å². The summed E-state index contributed by atoms with van der Waals surface area (Å²) in [4.78, 5) is 38.7. The van der Waals surface area contributed by atoms with Crippen LogP contribution >= 0.6 is 11.6 Å². The number of carbonyl (C=O) groups excluding carboxylic acids is 3. The molecule has 6 nitrogen and oxygen atoms in total. The molecule has 3 amide bonds. The molecule has 1 heterocycles. The van der Waals surface area contributed by atoms with Gasteiger partial charge in [0.05, 0.1) is 6.54 Å². The van der Waals surface area contributed by atoms with Crippen LogP contribution in [0.2, 0.25) is 5.02 Å². The Morgan fingerprint density at radius 1 is 1.11 bits per heavy atom. The first-order valence-corrected chi connectivity index (χ1v) is 9.06. The molecule has 2 N–H and O–H groups in total. The van der Waals surface area contributed by atoms with E-state index < -0.39 is 6.04 Å². The first-order chi connectivity index (χ1) is 13.0. The summed E-state index contributed by atoms with van der Waals surface area (Å²) in [6, 6.07) is 15.2. The van der Waals surface area contributed by atoms with Crippen LogP contribution in [0.5, 0.6) is 0 Å². The Morgan fingerprint density at radius 2 is 1.81 bits per heavy atom. The molecule has 0 aromatic heterocycles. The molecular formula is C20H20ClN3O3. The summed E-state index contributed by atoms with van der Waals surface area (Å²) in [6.07, 6.45) is 0.344. The lowest BCUT2D eigenvalue weighted by Crippen LogP contribution is -2.56. The van der Waals surface area contributed by atoms with Gasteiger partial charge in [-0.25, -0.2) is 0 Å². The Bertz CT molecular complexity index is 824. The van der Waals surface area contributed by atoms with E-state index in [-0.39, 0.29) is 24.3 Å². The minimum Gasteiger partial charge on any atom is -0.353 e. The molecule has 140 valence electrons. The highest BCUT2D eigenvalue weighted by Gasteiger charge is 2.29. The van der Waals surface area contributed by atoms with Crippen molar-refractivity contribution in [3.63, 3.8) is 0 Å². The van der Waals surface area contributed by atoms with E-state index in [0.29, 0.717) is 30.1 Å². The van der Waals surface area contributed by atoms with Gasteiger partial charge in [0.15, 0.2) is 0 Å². The average Bonchev–Trinajstić information content (AvgIpc) is 2.68. The quantitative estimate of drug-likeness (QED) is 0.821. The standard InChI is InChI=1S/C20H20ClN3O3/c21-16-8-6-15(7-9-16)19(26)23-17(12-14-4-2-1-3-5-14)20(27)24-11-10-22-18(25)13-24/h1-9,17H,10-13H2,(H,22,25)(H,23,26)/t17-/m1/s1. The number of halogens is 1. The average molecular weight is 386 g/mol. The Kier molecular flexibility index (Phi) is 6.08. The lowest BCUT2D eigenvalue weighted by molar-refractivity contribution is -0.139. The van der Waals surface area contributed by atoms with Crippen LogP contribution in [-0.2, 0) is 16.0 Å². The maximum absolute atomic E-state index is 13.0. The van der Waals surface area contributed by atoms with E-state index in [2.05, 4.69) is 10.6 Å². The summed E-state index contributed by atoms with van der Waals surface area (Å²) in [5, 5.41) is 6.03. The Morgan fingerprint density at radius 3 is 2.48 bits per heavy atom. The lowest BCUT2D eigenvalue weighted by atomic mass is 10.0. The number of hydrogen-bond donors (Lipinski definition) is 2. The van der Waals surface area contributed by atoms with Crippen LogP contribution in [0.15, 0.2) is 54.6 Å². The monoisotopic (exact) mass is 385 g/mol. The topological polar surface area (TPSA) is 78.5 Å². The fourth-order valence-electron chi connectivity index (χ4n) is 2.94. The summed E-state index contributed by atoms with van der Waals surface area (Å²) in [5.41, 5.74) is 1.34. The lowest BCUT2D eigenvalue weighted by Gasteiger charge is -2.30. The molecule has 0 unspecified atom stereocenters. The zero-order valence-corrected chi connectivity index (χ0v) is 15.4. The molecule has 1 aliphatic rings. The van der Waals surface area contributed by atoms with E-state index in [1.54, 1.807) is 24.3 Å². The van der Waals surface area contributed by atoms with E-state index >= 15 is 0 Å². The second kappa shape index (κ2) is 8.68. The smallest absolute Gasteiger partial charge is 0.251 e. The molecule has 3 rings (SSSR count). The van der Waals surface area contributed by atoms with Gasteiger partial charge in [-0.2, -0.15) is 0 Å². The van der Waals surface area contributed by atoms with Gasteiger partial charge in [0.2, 0.25) is 11.8 Å². The minimum atomic E-state index is -0.763. The van der Waals surface area contributed by atoms with Gasteiger partial charge in [-0.3, -0.25) is 14.4 Å². The van der Waals surface area contributed by atoms with Crippen LogP contribution in [0.25, 0.3) is 0 Å². The number of nitrogens with zero attached hydrogens (tertiary/aromatic N) is 1. The van der Waals surface area contributed by atoms with E-state index in [0.717, 1.165) is 5.56 Å². The molecule has 0 spiro atoms. The van der Waals surface area contributed by atoms with Crippen molar-refractivity contribution in [3.05, 3.63) is 70.7 Å². The van der Waals surface area contributed by atoms with Gasteiger partial charge < -0.3 is 15.5 Å². The van der Waals surface area contributed by atoms with Crippen molar-refractivity contribution in [2.24, 2.45) is 0 Å². The molecule has 27 heavy (non-hydrogen) atoms. The van der Waals surface area contributed by atoms with E-state index in [1.165, 1.54) is 4.90 Å². The van der Waals surface area contributed by atoms with Crippen LogP contribution in [0, 0.1) is 0 Å². The molecule has 0 bridgehead atoms. The predicted octanol–water partition coefficient (Wildman–Crippen LogP) is 1.64. The number of nitrogens with one attached hydrogen (secondary N) is 2. The largest absolute Gasteiger partial charge is 0.353 e. The van der Waals surface area contributed by atoms with Gasteiger partial charge in [0, 0.05) is 30.1 Å². The molecule has 2 aromatic carbocycles. The van der Waals surface area contributed by atoms with Crippen molar-refractivity contribution in [3.8, 4) is 0 Å². The maximum Gasteiger partial charge on any atom is 0.251 e. The Labute approximate surface area is 162 Å². The van der Waals surface area contributed by atoms with Gasteiger partial charge in [-0.05, 0) is 29.8 Å². The molecule has 0 saturated carbocycles. The number of benzene rings is 2. The van der Waals surface area contributed by atoms with Crippen LogP contribution in [-0.4, -0.2) is 48.3 Å². The highest BCUT2D eigenvalue weighted by molar-refractivity contribution is 6.30. The highest BCUT2D eigenvalue weighted by Crippen LogP contribution is 2.12. The van der Waals surface area contributed by atoms with Crippen LogP contribution in [0.1, 0.15) is 15.9 Å². The zero-order chi connectivity index (χ0) is 19.2. The first kappa shape index (κ1) is 18.9. The molecule has 7 heteroatoms. The Balaban J connectivity index is 1.78. The third-order valence-corrected chi connectivity index (χ3v) is 4.59. The summed E-state index contributed by atoms with van der Waals surface area (Å²) in [5.74, 6) is -0.824. The van der Waals surface area contributed by atoms with Gasteiger partial charge in [0.25, 0.3) is 5.91 Å². The first-order valence-electron chi connectivity index (χ1n) is 8.69. The van der Waals surface area contributed by atoms with E-state index in [4.69, 9.17) is 11.6 Å². The fraction of sp³-hybridized carbons (Fsp3) is 0.250. The van der Waals surface area contributed by atoms with Crippen molar-refractivity contribution in [2.45, 2.75) is 12.5 Å². The second-order valence-corrected chi connectivity index (χ2v) is 6.77. The SMILES string of the molecule is O=C1CN(C(=O)[C@@H](Cc2ccccc2)NC(=O)c2ccc(Cl)cc2)CCN1. The van der Waals surface area contributed by atoms with Crippen molar-refractivity contribution < 1.29 is 14.4 Å². The van der Waals surface area contributed by atoms with E-state index in [1.807, 2.05) is 30.3 Å². The minimum absolute atomic E-state index is 0.000931. The normalized spacial score (nSPS) is 15.0. The van der Waals surface area contributed by atoms with Crippen LogP contribution in [0.3, 0.4) is 0 Å². The molecule has 1 atom stereocenters. The van der Waals surface area contributed by atoms with Crippen LogP contribution < -0.4 is 10.6 Å². The number of rotatable bonds is 5. The molecule has 2 aromatic rings. The summed E-state index contributed by atoms with van der Waals surface area (Å²) in [7, 11) is 0. The third kappa shape index (κ3) is 5.08. The Hall–Kier alpha value is -2.86. The molecule has 1 fully saturated rings. The molecule has 0 aliphatic carbocycles.